The fourth-order valence-electron chi connectivity index (χ4n) is 3.24. The molecule has 0 aliphatic rings. The van der Waals surface area contributed by atoms with Crippen molar-refractivity contribution in [3.8, 4) is 23.3 Å². The summed E-state index contributed by atoms with van der Waals surface area (Å²) in [5.74, 6) is -1.96. The fourth-order valence-corrected chi connectivity index (χ4v) is 3.24. The summed E-state index contributed by atoms with van der Waals surface area (Å²) in [6.45, 7) is -2.78. The molecule has 3 rings (SSSR count). The number of para-hydroxylation sites is 1. The normalized spacial score (nSPS) is 10.6. The highest BCUT2D eigenvalue weighted by Gasteiger charge is 2.21. The van der Waals surface area contributed by atoms with Gasteiger partial charge >= 0.3 is 12.6 Å². The summed E-state index contributed by atoms with van der Waals surface area (Å²) < 4.78 is 46.0. The Balaban J connectivity index is 1.93. The van der Waals surface area contributed by atoms with Gasteiger partial charge in [-0.1, -0.05) is 12.1 Å². The molecule has 0 fully saturated rings. The first-order chi connectivity index (χ1) is 17.3. The number of carbonyl (C=O) groups excluding carboxylic acids is 2. The topological polar surface area (TPSA) is 117 Å². The minimum Gasteiger partial charge on any atom is -0.493 e. The molecular weight excluding hydrogens is 478 g/mol. The maximum atomic E-state index is 13.3. The zero-order valence-corrected chi connectivity index (χ0v) is 19.2. The van der Waals surface area contributed by atoms with Crippen molar-refractivity contribution in [1.82, 2.24) is 4.57 Å². The first-order valence-corrected chi connectivity index (χ1v) is 10.4. The van der Waals surface area contributed by atoms with Crippen molar-refractivity contribution >= 4 is 11.8 Å². The van der Waals surface area contributed by atoms with Crippen LogP contribution in [0.3, 0.4) is 0 Å². The van der Waals surface area contributed by atoms with Gasteiger partial charge in [-0.15, -0.1) is 0 Å². The summed E-state index contributed by atoms with van der Waals surface area (Å²) >= 11 is 0. The van der Waals surface area contributed by atoms with Crippen LogP contribution in [0.1, 0.15) is 31.8 Å². The monoisotopic (exact) mass is 498 g/mol. The van der Waals surface area contributed by atoms with Crippen LogP contribution in [-0.2, 0) is 11.3 Å². The maximum absolute atomic E-state index is 13.3. The number of ether oxygens (including phenoxy) is 4. The second-order valence-corrected chi connectivity index (χ2v) is 7.20. The minimum atomic E-state index is -3.08. The summed E-state index contributed by atoms with van der Waals surface area (Å²) in [5.41, 5.74) is -0.823. The zero-order chi connectivity index (χ0) is 26.2. The van der Waals surface area contributed by atoms with Gasteiger partial charge in [0.25, 0.3) is 5.56 Å². The van der Waals surface area contributed by atoms with Crippen molar-refractivity contribution < 1.29 is 37.3 Å². The van der Waals surface area contributed by atoms with Crippen LogP contribution >= 0.6 is 0 Å². The van der Waals surface area contributed by atoms with Crippen molar-refractivity contribution in [3.63, 3.8) is 0 Å². The van der Waals surface area contributed by atoms with E-state index < -0.39 is 23.9 Å². The number of ketones is 1. The van der Waals surface area contributed by atoms with Gasteiger partial charge in [0.1, 0.15) is 17.4 Å². The lowest BCUT2D eigenvalue weighted by atomic mass is 10.0. The third kappa shape index (κ3) is 5.92. The van der Waals surface area contributed by atoms with Gasteiger partial charge in [0.05, 0.1) is 24.8 Å². The first kappa shape index (κ1) is 26.1. The van der Waals surface area contributed by atoms with Gasteiger partial charge < -0.3 is 23.5 Å². The molecule has 0 saturated heterocycles. The van der Waals surface area contributed by atoms with E-state index in [1.807, 2.05) is 0 Å². The second kappa shape index (κ2) is 11.7. The fraction of sp³-hybridized carbons (Fsp3) is 0.200. The van der Waals surface area contributed by atoms with Crippen molar-refractivity contribution in [2.45, 2.75) is 13.2 Å². The van der Waals surface area contributed by atoms with Gasteiger partial charge in [-0.3, -0.25) is 9.59 Å². The van der Waals surface area contributed by atoms with Crippen LogP contribution in [0.5, 0.6) is 17.2 Å². The number of alkyl halides is 2. The van der Waals surface area contributed by atoms with Crippen molar-refractivity contribution in [2.75, 3.05) is 20.8 Å². The van der Waals surface area contributed by atoms with E-state index in [4.69, 9.17) is 14.2 Å². The van der Waals surface area contributed by atoms with Gasteiger partial charge in [0.2, 0.25) is 0 Å². The Morgan fingerprint density at radius 3 is 2.44 bits per heavy atom. The van der Waals surface area contributed by atoms with E-state index in [1.54, 1.807) is 18.2 Å². The molecule has 0 saturated carbocycles. The molecule has 0 bridgehead atoms. The molecule has 9 nitrogen and oxygen atoms in total. The van der Waals surface area contributed by atoms with Crippen LogP contribution in [-0.4, -0.2) is 43.8 Å². The molecule has 3 aromatic rings. The van der Waals surface area contributed by atoms with Gasteiger partial charge in [-0.2, -0.15) is 14.0 Å². The zero-order valence-electron chi connectivity index (χ0n) is 19.2. The molecule has 186 valence electrons. The Bertz CT molecular complexity index is 1380. The Morgan fingerprint density at radius 1 is 1.03 bits per heavy atom. The number of aromatic nitrogens is 1. The summed E-state index contributed by atoms with van der Waals surface area (Å²) in [6.07, 6.45) is 1.30. The van der Waals surface area contributed by atoms with Crippen LogP contribution < -0.4 is 19.8 Å². The predicted molar refractivity (Wildman–Crippen MR) is 122 cm³/mol. The van der Waals surface area contributed by atoms with E-state index in [0.717, 1.165) is 12.1 Å². The maximum Gasteiger partial charge on any atom is 0.387 e. The second-order valence-electron chi connectivity index (χ2n) is 7.20. The SMILES string of the molecule is COCCn1cc(C(=O)c2ccccc2OC(=O)c2ccc(OC(F)F)c(OC)c2)cc(C#N)c1=O. The number of pyridine rings is 1. The highest BCUT2D eigenvalue weighted by molar-refractivity contribution is 6.11. The van der Waals surface area contributed by atoms with Crippen LogP contribution in [0, 0.1) is 11.3 Å². The molecular formula is C25H20F2N2O7. The van der Waals surface area contributed by atoms with Gasteiger partial charge in [-0.05, 0) is 36.4 Å². The molecule has 0 aliphatic carbocycles. The average molecular weight is 498 g/mol. The number of esters is 1. The number of nitriles is 1. The summed E-state index contributed by atoms with van der Waals surface area (Å²) in [5, 5.41) is 9.32. The minimum absolute atomic E-state index is 0.00343. The number of carbonyl (C=O) groups is 2. The quantitative estimate of drug-likeness (QED) is 0.237. The third-order valence-corrected chi connectivity index (χ3v) is 4.95. The van der Waals surface area contributed by atoms with E-state index >= 15 is 0 Å². The standard InChI is InChI=1S/C25H20F2N2O7/c1-33-10-9-29-14-17(11-16(13-28)23(29)31)22(30)18-5-3-4-6-19(18)35-24(32)15-7-8-20(36-25(26)27)21(12-15)34-2/h3-8,11-12,14,25H,9-10H2,1-2H3. The van der Waals surface area contributed by atoms with E-state index in [0.29, 0.717) is 0 Å². The molecule has 2 aromatic carbocycles. The highest BCUT2D eigenvalue weighted by Crippen LogP contribution is 2.30. The van der Waals surface area contributed by atoms with Gasteiger partial charge in [0, 0.05) is 25.4 Å². The molecule has 0 atom stereocenters. The third-order valence-electron chi connectivity index (χ3n) is 4.95. The number of hydrogen-bond donors (Lipinski definition) is 0. The number of methoxy groups -OCH3 is 2. The Kier molecular flexibility index (Phi) is 8.48. The Hall–Kier alpha value is -4.56. The lowest BCUT2D eigenvalue weighted by Crippen LogP contribution is -2.25. The molecule has 11 heteroatoms. The van der Waals surface area contributed by atoms with Crippen molar-refractivity contribution in [3.05, 3.63) is 87.3 Å². The van der Waals surface area contributed by atoms with Crippen LogP contribution in [0.15, 0.2) is 59.5 Å². The summed E-state index contributed by atoms with van der Waals surface area (Å²) in [6, 6.07) is 12.3. The predicted octanol–water partition coefficient (Wildman–Crippen LogP) is 3.43. The lowest BCUT2D eigenvalue weighted by molar-refractivity contribution is -0.0512. The van der Waals surface area contributed by atoms with Crippen molar-refractivity contribution in [2.24, 2.45) is 0 Å². The molecule has 0 radical (unpaired) electrons. The number of nitrogens with zero attached hydrogens (tertiary/aromatic N) is 2. The number of benzene rings is 2. The Morgan fingerprint density at radius 2 is 1.78 bits per heavy atom. The molecule has 0 spiro atoms. The molecule has 1 aromatic heterocycles. The molecule has 0 unspecified atom stereocenters. The lowest BCUT2D eigenvalue weighted by Gasteiger charge is -2.13. The van der Waals surface area contributed by atoms with Crippen LogP contribution in [0.25, 0.3) is 0 Å². The number of hydrogen-bond acceptors (Lipinski definition) is 8. The van der Waals surface area contributed by atoms with Crippen LogP contribution in [0.2, 0.25) is 0 Å². The van der Waals surface area contributed by atoms with Crippen LogP contribution in [0.4, 0.5) is 8.78 Å². The van der Waals surface area contributed by atoms with Gasteiger partial charge in [0.15, 0.2) is 17.3 Å². The molecule has 0 N–H and O–H groups in total. The van der Waals surface area contributed by atoms with Crippen molar-refractivity contribution in [1.29, 1.82) is 5.26 Å². The average Bonchev–Trinajstić information content (AvgIpc) is 2.87. The molecule has 0 amide bonds. The largest absolute Gasteiger partial charge is 0.493 e. The summed E-state index contributed by atoms with van der Waals surface area (Å²) in [4.78, 5) is 38.4. The number of halogens is 2. The van der Waals surface area contributed by atoms with E-state index in [2.05, 4.69) is 4.74 Å². The van der Waals surface area contributed by atoms with E-state index in [9.17, 15) is 28.4 Å². The highest BCUT2D eigenvalue weighted by atomic mass is 19.3. The number of rotatable bonds is 10. The smallest absolute Gasteiger partial charge is 0.387 e. The van der Waals surface area contributed by atoms with Gasteiger partial charge in [-0.25, -0.2) is 4.79 Å². The first-order valence-electron chi connectivity index (χ1n) is 10.4. The van der Waals surface area contributed by atoms with E-state index in [1.165, 1.54) is 49.2 Å². The van der Waals surface area contributed by atoms with E-state index in [-0.39, 0.29) is 52.7 Å². The molecule has 1 heterocycles. The Labute approximate surface area is 204 Å². The molecule has 0 aliphatic heterocycles. The molecule has 36 heavy (non-hydrogen) atoms. The summed E-state index contributed by atoms with van der Waals surface area (Å²) in [7, 11) is 2.67.